The van der Waals surface area contributed by atoms with Gasteiger partial charge in [-0.2, -0.15) is 0 Å². The Morgan fingerprint density at radius 2 is 1.85 bits per heavy atom. The van der Waals surface area contributed by atoms with E-state index in [1.165, 1.54) is 0 Å². The van der Waals surface area contributed by atoms with Crippen molar-refractivity contribution in [2.75, 3.05) is 0 Å². The van der Waals surface area contributed by atoms with Gasteiger partial charge in [-0.15, -0.1) is 6.58 Å². The maximum atomic E-state index is 11.6. The normalized spacial score (nSPS) is 16.1. The van der Waals surface area contributed by atoms with Crippen LogP contribution in [-0.4, -0.2) is 11.6 Å². The van der Waals surface area contributed by atoms with Crippen LogP contribution in [0.5, 0.6) is 0 Å². The van der Waals surface area contributed by atoms with Crippen molar-refractivity contribution < 1.29 is 9.53 Å². The lowest BCUT2D eigenvalue weighted by molar-refractivity contribution is -0.163. The van der Waals surface area contributed by atoms with Crippen molar-refractivity contribution in [3.63, 3.8) is 0 Å². The van der Waals surface area contributed by atoms with Gasteiger partial charge in [0.2, 0.25) is 0 Å². The Bertz CT molecular complexity index is 201. The Morgan fingerprint density at radius 1 is 1.38 bits per heavy atom. The van der Waals surface area contributed by atoms with Gasteiger partial charge in [0.05, 0.1) is 5.41 Å². The van der Waals surface area contributed by atoms with Crippen LogP contribution in [0.2, 0.25) is 0 Å². The van der Waals surface area contributed by atoms with Crippen molar-refractivity contribution in [1.82, 2.24) is 0 Å². The Balaban J connectivity index is 4.50. The molecule has 13 heavy (non-hydrogen) atoms. The van der Waals surface area contributed by atoms with Crippen molar-refractivity contribution in [3.05, 3.63) is 12.7 Å². The van der Waals surface area contributed by atoms with Gasteiger partial charge in [-0.1, -0.05) is 13.0 Å². The first-order valence-corrected chi connectivity index (χ1v) is 4.62. The predicted octanol–water partition coefficient (Wildman–Crippen LogP) is 2.93. The van der Waals surface area contributed by atoms with Crippen LogP contribution in [0.3, 0.4) is 0 Å². The molecule has 1 unspecified atom stereocenters. The molecule has 0 fully saturated rings. The largest absolute Gasteiger partial charge is 0.459 e. The molecule has 0 aliphatic carbocycles. The van der Waals surface area contributed by atoms with Crippen LogP contribution in [-0.2, 0) is 9.53 Å². The Kier molecular flexibility index (Phi) is 3.71. The summed E-state index contributed by atoms with van der Waals surface area (Å²) in [6.45, 7) is 13.0. The number of rotatable bonds is 3. The first kappa shape index (κ1) is 12.2. The fourth-order valence-electron chi connectivity index (χ4n) is 0.767. The molecule has 0 aromatic rings. The Morgan fingerprint density at radius 3 is 2.08 bits per heavy atom. The van der Waals surface area contributed by atoms with E-state index in [1.807, 2.05) is 34.6 Å². The van der Waals surface area contributed by atoms with Crippen LogP contribution in [0.25, 0.3) is 0 Å². The van der Waals surface area contributed by atoms with E-state index in [4.69, 9.17) is 4.74 Å². The summed E-state index contributed by atoms with van der Waals surface area (Å²) in [6.07, 6.45) is 2.37. The van der Waals surface area contributed by atoms with E-state index >= 15 is 0 Å². The minimum Gasteiger partial charge on any atom is -0.459 e. The molecule has 0 aliphatic heterocycles. The fourth-order valence-corrected chi connectivity index (χ4v) is 0.767. The number of ether oxygens (including phenoxy) is 1. The second-order valence-corrected chi connectivity index (χ2v) is 4.48. The number of carbonyl (C=O) groups excluding carboxylic acids is 1. The molecular formula is C11H20O2. The van der Waals surface area contributed by atoms with Crippen LogP contribution < -0.4 is 0 Å². The van der Waals surface area contributed by atoms with Gasteiger partial charge in [0, 0.05) is 0 Å². The zero-order valence-corrected chi connectivity index (χ0v) is 9.31. The summed E-state index contributed by atoms with van der Waals surface area (Å²) in [6, 6.07) is 0. The molecule has 0 saturated heterocycles. The first-order chi connectivity index (χ1) is 5.75. The van der Waals surface area contributed by atoms with Gasteiger partial charge in [-0.3, -0.25) is 4.79 Å². The van der Waals surface area contributed by atoms with E-state index < -0.39 is 11.0 Å². The highest BCUT2D eigenvalue weighted by Gasteiger charge is 2.32. The number of hydrogen-bond acceptors (Lipinski definition) is 2. The molecule has 0 bridgehead atoms. The molecule has 0 amide bonds. The van der Waals surface area contributed by atoms with Gasteiger partial charge in [0.1, 0.15) is 5.60 Å². The SMILES string of the molecule is C=CC(C)(CC)C(=O)OC(C)(C)C. The molecule has 0 N–H and O–H groups in total. The number of esters is 1. The minimum atomic E-state index is -0.548. The Hall–Kier alpha value is -0.790. The van der Waals surface area contributed by atoms with Crippen LogP contribution in [0.15, 0.2) is 12.7 Å². The smallest absolute Gasteiger partial charge is 0.316 e. The molecule has 2 heteroatoms. The quantitative estimate of drug-likeness (QED) is 0.498. The second-order valence-electron chi connectivity index (χ2n) is 4.48. The van der Waals surface area contributed by atoms with Crippen molar-refractivity contribution in [2.24, 2.45) is 5.41 Å². The molecule has 0 spiro atoms. The zero-order valence-electron chi connectivity index (χ0n) is 9.31. The average molecular weight is 184 g/mol. The van der Waals surface area contributed by atoms with Crippen molar-refractivity contribution >= 4 is 5.97 Å². The molecule has 0 rings (SSSR count). The van der Waals surface area contributed by atoms with Gasteiger partial charge >= 0.3 is 5.97 Å². The monoisotopic (exact) mass is 184 g/mol. The molecule has 0 aromatic heterocycles. The molecular weight excluding hydrogens is 164 g/mol. The lowest BCUT2D eigenvalue weighted by Crippen LogP contribution is -2.34. The molecule has 0 aromatic carbocycles. The van der Waals surface area contributed by atoms with Gasteiger partial charge in [0.15, 0.2) is 0 Å². The van der Waals surface area contributed by atoms with Crippen LogP contribution in [0, 0.1) is 5.41 Å². The zero-order chi connectivity index (χ0) is 10.7. The average Bonchev–Trinajstić information content (AvgIpc) is 2.00. The summed E-state index contributed by atoms with van der Waals surface area (Å²) in [5.41, 5.74) is -0.968. The van der Waals surface area contributed by atoms with Crippen molar-refractivity contribution in [3.8, 4) is 0 Å². The van der Waals surface area contributed by atoms with E-state index in [9.17, 15) is 4.79 Å². The van der Waals surface area contributed by atoms with Gasteiger partial charge in [0.25, 0.3) is 0 Å². The molecule has 2 nitrogen and oxygen atoms in total. The summed E-state index contributed by atoms with van der Waals surface area (Å²) in [5.74, 6) is -0.197. The summed E-state index contributed by atoms with van der Waals surface area (Å²) in [5, 5.41) is 0. The number of carbonyl (C=O) groups is 1. The minimum absolute atomic E-state index is 0.197. The first-order valence-electron chi connectivity index (χ1n) is 4.62. The fraction of sp³-hybridized carbons (Fsp3) is 0.727. The highest BCUT2D eigenvalue weighted by molar-refractivity contribution is 5.78. The van der Waals surface area contributed by atoms with Crippen LogP contribution in [0.1, 0.15) is 41.0 Å². The van der Waals surface area contributed by atoms with Crippen molar-refractivity contribution in [2.45, 2.75) is 46.6 Å². The highest BCUT2D eigenvalue weighted by atomic mass is 16.6. The molecule has 76 valence electrons. The standard InChI is InChI=1S/C11H20O2/c1-7-11(6,8-2)9(12)13-10(3,4)5/h7H,1,8H2,2-6H3. The third kappa shape index (κ3) is 3.62. The van der Waals surface area contributed by atoms with Gasteiger partial charge < -0.3 is 4.74 Å². The van der Waals surface area contributed by atoms with E-state index in [0.29, 0.717) is 6.42 Å². The van der Waals surface area contributed by atoms with Crippen molar-refractivity contribution in [1.29, 1.82) is 0 Å². The lowest BCUT2D eigenvalue weighted by Gasteiger charge is -2.27. The third-order valence-electron chi connectivity index (χ3n) is 2.05. The van der Waals surface area contributed by atoms with E-state index in [1.54, 1.807) is 6.08 Å². The molecule has 0 aliphatic rings. The van der Waals surface area contributed by atoms with Gasteiger partial charge in [-0.05, 0) is 34.1 Å². The molecule has 0 radical (unpaired) electrons. The summed E-state index contributed by atoms with van der Waals surface area (Å²) in [4.78, 5) is 11.6. The molecule has 0 saturated carbocycles. The maximum absolute atomic E-state index is 11.6. The second kappa shape index (κ2) is 3.95. The van der Waals surface area contributed by atoms with Gasteiger partial charge in [-0.25, -0.2) is 0 Å². The topological polar surface area (TPSA) is 26.3 Å². The van der Waals surface area contributed by atoms with E-state index in [2.05, 4.69) is 6.58 Å². The van der Waals surface area contributed by atoms with E-state index in [0.717, 1.165) is 0 Å². The maximum Gasteiger partial charge on any atom is 0.316 e. The highest BCUT2D eigenvalue weighted by Crippen LogP contribution is 2.26. The Labute approximate surface area is 81.0 Å². The molecule has 1 atom stereocenters. The predicted molar refractivity (Wildman–Crippen MR) is 54.4 cm³/mol. The summed E-state index contributed by atoms with van der Waals surface area (Å²) < 4.78 is 5.27. The number of hydrogen-bond donors (Lipinski definition) is 0. The van der Waals surface area contributed by atoms with E-state index in [-0.39, 0.29) is 5.97 Å². The van der Waals surface area contributed by atoms with Crippen LogP contribution >= 0.6 is 0 Å². The lowest BCUT2D eigenvalue weighted by atomic mass is 9.88. The molecule has 0 heterocycles. The third-order valence-corrected chi connectivity index (χ3v) is 2.05. The van der Waals surface area contributed by atoms with Crippen LogP contribution in [0.4, 0.5) is 0 Å². The summed E-state index contributed by atoms with van der Waals surface area (Å²) in [7, 11) is 0. The summed E-state index contributed by atoms with van der Waals surface area (Å²) >= 11 is 0.